The number of hydrogen-bond acceptors (Lipinski definition) is 3. The SMILES string of the molecule is O=C1NC(C(=O)Cc2ccccc2)C1CC1CNC1. The van der Waals surface area contributed by atoms with Crippen LogP contribution in [-0.4, -0.2) is 30.8 Å². The molecule has 2 unspecified atom stereocenters. The van der Waals surface area contributed by atoms with Crippen LogP contribution in [-0.2, 0) is 16.0 Å². The minimum atomic E-state index is -0.270. The van der Waals surface area contributed by atoms with Gasteiger partial charge in [0.2, 0.25) is 5.91 Å². The third-order valence-electron chi connectivity index (χ3n) is 4.06. The fourth-order valence-corrected chi connectivity index (χ4v) is 2.75. The van der Waals surface area contributed by atoms with Crippen LogP contribution < -0.4 is 10.6 Å². The van der Waals surface area contributed by atoms with Gasteiger partial charge in [0.25, 0.3) is 0 Å². The molecule has 2 atom stereocenters. The van der Waals surface area contributed by atoms with Crippen LogP contribution in [0.15, 0.2) is 30.3 Å². The molecule has 2 heterocycles. The van der Waals surface area contributed by atoms with Gasteiger partial charge in [0.1, 0.15) is 0 Å². The maximum absolute atomic E-state index is 12.2. The monoisotopic (exact) mass is 258 g/mol. The predicted molar refractivity (Wildman–Crippen MR) is 71.6 cm³/mol. The molecule has 1 aromatic carbocycles. The molecule has 2 aliphatic rings. The van der Waals surface area contributed by atoms with Gasteiger partial charge in [-0.2, -0.15) is 0 Å². The molecule has 100 valence electrons. The fraction of sp³-hybridized carbons (Fsp3) is 0.467. The topological polar surface area (TPSA) is 58.2 Å². The number of amides is 1. The molecule has 0 aliphatic carbocycles. The average Bonchev–Trinajstić information content (AvgIpc) is 2.35. The molecule has 0 spiro atoms. The van der Waals surface area contributed by atoms with E-state index in [4.69, 9.17) is 0 Å². The van der Waals surface area contributed by atoms with Crippen molar-refractivity contribution in [2.45, 2.75) is 18.9 Å². The molecule has 2 N–H and O–H groups in total. The van der Waals surface area contributed by atoms with Crippen molar-refractivity contribution in [3.63, 3.8) is 0 Å². The third-order valence-corrected chi connectivity index (χ3v) is 4.06. The largest absolute Gasteiger partial charge is 0.345 e. The van der Waals surface area contributed by atoms with Gasteiger partial charge < -0.3 is 10.6 Å². The number of nitrogens with one attached hydrogen (secondary N) is 2. The van der Waals surface area contributed by atoms with Crippen LogP contribution in [0.1, 0.15) is 12.0 Å². The van der Waals surface area contributed by atoms with Gasteiger partial charge in [-0.05, 0) is 31.0 Å². The Labute approximate surface area is 112 Å². The van der Waals surface area contributed by atoms with Crippen LogP contribution in [0.2, 0.25) is 0 Å². The maximum atomic E-state index is 12.2. The zero-order valence-electron chi connectivity index (χ0n) is 10.8. The number of β-lactam (4-membered cyclic amide) rings is 1. The van der Waals surface area contributed by atoms with Crippen molar-refractivity contribution in [2.75, 3.05) is 13.1 Å². The fourth-order valence-electron chi connectivity index (χ4n) is 2.75. The zero-order valence-corrected chi connectivity index (χ0v) is 10.8. The molecule has 0 radical (unpaired) electrons. The Morgan fingerprint density at radius 3 is 2.53 bits per heavy atom. The zero-order chi connectivity index (χ0) is 13.2. The Morgan fingerprint density at radius 1 is 1.21 bits per heavy atom. The van der Waals surface area contributed by atoms with Gasteiger partial charge in [-0.25, -0.2) is 0 Å². The third kappa shape index (κ3) is 2.54. The average molecular weight is 258 g/mol. The summed E-state index contributed by atoms with van der Waals surface area (Å²) in [6.45, 7) is 1.95. The Morgan fingerprint density at radius 2 is 1.95 bits per heavy atom. The first-order valence-electron chi connectivity index (χ1n) is 6.82. The summed E-state index contributed by atoms with van der Waals surface area (Å²) in [7, 11) is 0. The van der Waals surface area contributed by atoms with Crippen molar-refractivity contribution in [1.82, 2.24) is 10.6 Å². The summed E-state index contributed by atoms with van der Waals surface area (Å²) in [6, 6.07) is 9.42. The van der Waals surface area contributed by atoms with Gasteiger partial charge in [0.15, 0.2) is 5.78 Å². The molecule has 0 saturated carbocycles. The highest BCUT2D eigenvalue weighted by Gasteiger charge is 2.44. The number of hydrogen-bond donors (Lipinski definition) is 2. The number of carbonyl (C=O) groups is 2. The standard InChI is InChI=1S/C15H18N2O2/c18-13(7-10-4-2-1-3-5-10)14-12(15(19)17-14)6-11-8-16-9-11/h1-5,11-12,14,16H,6-9H2,(H,17,19). The van der Waals surface area contributed by atoms with Gasteiger partial charge in [-0.15, -0.1) is 0 Å². The van der Waals surface area contributed by atoms with E-state index in [1.165, 1.54) is 0 Å². The number of benzene rings is 1. The second-order valence-electron chi connectivity index (χ2n) is 5.48. The van der Waals surface area contributed by atoms with Crippen molar-refractivity contribution >= 4 is 11.7 Å². The lowest BCUT2D eigenvalue weighted by Crippen LogP contribution is -2.63. The molecule has 2 saturated heterocycles. The highest BCUT2D eigenvalue weighted by atomic mass is 16.2. The van der Waals surface area contributed by atoms with Crippen LogP contribution in [0, 0.1) is 11.8 Å². The Bertz CT molecular complexity index is 482. The molecular weight excluding hydrogens is 240 g/mol. The molecule has 0 aromatic heterocycles. The van der Waals surface area contributed by atoms with Crippen LogP contribution >= 0.6 is 0 Å². The van der Waals surface area contributed by atoms with E-state index in [0.717, 1.165) is 25.1 Å². The predicted octanol–water partition coefficient (Wildman–Crippen LogP) is 0.522. The smallest absolute Gasteiger partial charge is 0.226 e. The summed E-state index contributed by atoms with van der Waals surface area (Å²) in [5.41, 5.74) is 1.01. The highest BCUT2D eigenvalue weighted by Crippen LogP contribution is 2.26. The number of Topliss-reactive ketones (excluding diaryl/α,β-unsaturated/α-hetero) is 1. The summed E-state index contributed by atoms with van der Waals surface area (Å²) in [4.78, 5) is 23.8. The molecular formula is C15H18N2O2. The van der Waals surface area contributed by atoms with E-state index < -0.39 is 0 Å². The van der Waals surface area contributed by atoms with Gasteiger partial charge in [0, 0.05) is 6.42 Å². The van der Waals surface area contributed by atoms with E-state index in [9.17, 15) is 9.59 Å². The summed E-state index contributed by atoms with van der Waals surface area (Å²) in [5.74, 6) is 0.618. The van der Waals surface area contributed by atoms with E-state index in [-0.39, 0.29) is 23.7 Å². The van der Waals surface area contributed by atoms with E-state index in [1.54, 1.807) is 0 Å². The van der Waals surface area contributed by atoms with Crippen molar-refractivity contribution < 1.29 is 9.59 Å². The number of carbonyl (C=O) groups excluding carboxylic acids is 2. The molecule has 0 bridgehead atoms. The van der Waals surface area contributed by atoms with Gasteiger partial charge in [0.05, 0.1) is 12.0 Å². The van der Waals surface area contributed by atoms with Gasteiger partial charge >= 0.3 is 0 Å². The van der Waals surface area contributed by atoms with Crippen molar-refractivity contribution in [2.24, 2.45) is 11.8 Å². The van der Waals surface area contributed by atoms with E-state index in [1.807, 2.05) is 30.3 Å². The molecule has 2 fully saturated rings. The number of rotatable bonds is 5. The van der Waals surface area contributed by atoms with E-state index >= 15 is 0 Å². The maximum Gasteiger partial charge on any atom is 0.226 e. The lowest BCUT2D eigenvalue weighted by Gasteiger charge is -2.40. The summed E-state index contributed by atoms with van der Waals surface area (Å²) >= 11 is 0. The first-order chi connectivity index (χ1) is 9.24. The number of ketones is 1. The Balaban J connectivity index is 1.58. The van der Waals surface area contributed by atoms with Gasteiger partial charge in [-0.3, -0.25) is 9.59 Å². The van der Waals surface area contributed by atoms with Crippen LogP contribution in [0.4, 0.5) is 0 Å². The second kappa shape index (κ2) is 5.13. The summed E-state index contributed by atoms with van der Waals surface area (Å²) in [5, 5.41) is 5.95. The minimum Gasteiger partial charge on any atom is -0.345 e. The van der Waals surface area contributed by atoms with Crippen LogP contribution in [0.25, 0.3) is 0 Å². The quantitative estimate of drug-likeness (QED) is 0.757. The highest BCUT2D eigenvalue weighted by molar-refractivity contribution is 6.00. The summed E-state index contributed by atoms with van der Waals surface area (Å²) < 4.78 is 0. The Hall–Kier alpha value is -1.68. The van der Waals surface area contributed by atoms with Crippen molar-refractivity contribution in [3.05, 3.63) is 35.9 Å². The molecule has 4 heteroatoms. The second-order valence-corrected chi connectivity index (χ2v) is 5.48. The molecule has 4 nitrogen and oxygen atoms in total. The Kier molecular flexibility index (Phi) is 3.34. The van der Waals surface area contributed by atoms with Crippen LogP contribution in [0.5, 0.6) is 0 Å². The lowest BCUT2D eigenvalue weighted by molar-refractivity contribution is -0.143. The lowest BCUT2D eigenvalue weighted by atomic mass is 9.78. The van der Waals surface area contributed by atoms with E-state index in [2.05, 4.69) is 10.6 Å². The molecule has 1 aromatic rings. The van der Waals surface area contributed by atoms with Crippen molar-refractivity contribution in [3.8, 4) is 0 Å². The first kappa shape index (κ1) is 12.4. The molecule has 19 heavy (non-hydrogen) atoms. The summed E-state index contributed by atoms with van der Waals surface area (Å²) in [6.07, 6.45) is 1.25. The molecule has 1 amide bonds. The normalized spacial score (nSPS) is 26.2. The van der Waals surface area contributed by atoms with Gasteiger partial charge in [-0.1, -0.05) is 30.3 Å². The van der Waals surface area contributed by atoms with Crippen molar-refractivity contribution in [1.29, 1.82) is 0 Å². The minimum absolute atomic E-state index is 0.0401. The molecule has 3 rings (SSSR count). The van der Waals surface area contributed by atoms with E-state index in [0.29, 0.717) is 12.3 Å². The first-order valence-corrected chi connectivity index (χ1v) is 6.82. The van der Waals surface area contributed by atoms with Crippen LogP contribution in [0.3, 0.4) is 0 Å². The molecule has 2 aliphatic heterocycles.